The molecule has 1 fully saturated rings. The van der Waals surface area contributed by atoms with Crippen LogP contribution >= 0.6 is 46.3 Å². The quantitative estimate of drug-likeness (QED) is 0.369. The molecule has 0 spiro atoms. The average Bonchev–Trinajstić information content (AvgIpc) is 3.44. The molecule has 1 aliphatic carbocycles. The number of nitrogens with zero attached hydrogens (tertiary/aromatic N) is 3. The molecule has 5 nitrogen and oxygen atoms in total. The summed E-state index contributed by atoms with van der Waals surface area (Å²) in [6, 6.07) is 9.71. The molecule has 5 rings (SSSR count). The number of fused-ring (bicyclic) bond motifs is 1. The van der Waals surface area contributed by atoms with Crippen LogP contribution in [0.25, 0.3) is 11.1 Å². The minimum Gasteiger partial charge on any atom is -0.308 e. The van der Waals surface area contributed by atoms with E-state index < -0.39 is 0 Å². The molecule has 0 atom stereocenters. The first-order chi connectivity index (χ1) is 16.4. The maximum Gasteiger partial charge on any atom is 0.264 e. The lowest BCUT2D eigenvalue weighted by molar-refractivity contribution is -0.115. The number of nitriles is 1. The lowest BCUT2D eigenvalue weighted by Crippen LogP contribution is -2.19. The van der Waals surface area contributed by atoms with E-state index in [0.29, 0.717) is 25.8 Å². The largest absolute Gasteiger partial charge is 0.308 e. The van der Waals surface area contributed by atoms with Crippen molar-refractivity contribution in [3.8, 4) is 11.1 Å². The number of benzene rings is 1. The van der Waals surface area contributed by atoms with E-state index >= 15 is 0 Å². The van der Waals surface area contributed by atoms with Gasteiger partial charge in [0, 0.05) is 16.3 Å². The number of carbonyl (C=O) groups excluding carboxylic acids is 1. The zero-order valence-electron chi connectivity index (χ0n) is 18.5. The van der Waals surface area contributed by atoms with Crippen LogP contribution in [0.15, 0.2) is 34.2 Å². The van der Waals surface area contributed by atoms with Crippen LogP contribution in [0.1, 0.15) is 45.8 Å². The Bertz CT molecular complexity index is 1440. The van der Waals surface area contributed by atoms with Gasteiger partial charge in [0.15, 0.2) is 5.17 Å². The first-order valence-electron chi connectivity index (χ1n) is 10.8. The fraction of sp³-hybridized carbons (Fsp3) is 0.240. The van der Waals surface area contributed by atoms with Gasteiger partial charge in [0.05, 0.1) is 26.2 Å². The number of aliphatic imine (C=N–C) groups is 1. The van der Waals surface area contributed by atoms with E-state index in [4.69, 9.17) is 23.2 Å². The second-order valence-corrected chi connectivity index (χ2v) is 11.1. The molecule has 0 saturated carbocycles. The lowest BCUT2D eigenvalue weighted by atomic mass is 9.96. The molecule has 2 aromatic heterocycles. The van der Waals surface area contributed by atoms with Gasteiger partial charge in [0.25, 0.3) is 5.91 Å². The van der Waals surface area contributed by atoms with Crippen molar-refractivity contribution in [2.45, 2.75) is 39.5 Å². The summed E-state index contributed by atoms with van der Waals surface area (Å²) in [5, 5.41) is 14.9. The number of thiophene rings is 1. The Morgan fingerprint density at radius 1 is 1.24 bits per heavy atom. The SMILES string of the molecule is Cc1cc(C=C2SC(=Nc3cccc(Cl)c3Cl)NC2=O)c(C)n1-c1sc2c(c1C#N)CCCC2. The zero-order valence-corrected chi connectivity index (χ0v) is 21.7. The van der Waals surface area contributed by atoms with Crippen molar-refractivity contribution in [3.63, 3.8) is 0 Å². The summed E-state index contributed by atoms with van der Waals surface area (Å²) in [6.45, 7) is 4.06. The number of aryl methyl sites for hydroxylation is 2. The Balaban J connectivity index is 1.49. The van der Waals surface area contributed by atoms with Gasteiger partial charge in [-0.3, -0.25) is 4.79 Å². The zero-order chi connectivity index (χ0) is 24.0. The van der Waals surface area contributed by atoms with E-state index in [2.05, 4.69) is 27.0 Å². The number of nitrogens with one attached hydrogen (secondary N) is 1. The number of carbonyl (C=O) groups is 1. The van der Waals surface area contributed by atoms with E-state index in [1.165, 1.54) is 28.6 Å². The molecular weight excluding hydrogens is 507 g/mol. The number of thioether (sulfide) groups is 1. The van der Waals surface area contributed by atoms with Crippen molar-refractivity contribution in [2.75, 3.05) is 0 Å². The molecule has 1 N–H and O–H groups in total. The van der Waals surface area contributed by atoms with Gasteiger partial charge in [-0.25, -0.2) is 4.99 Å². The van der Waals surface area contributed by atoms with Crippen molar-refractivity contribution in [2.24, 2.45) is 4.99 Å². The van der Waals surface area contributed by atoms with Crippen LogP contribution in [0, 0.1) is 25.2 Å². The van der Waals surface area contributed by atoms with E-state index in [1.54, 1.807) is 29.5 Å². The first-order valence-corrected chi connectivity index (χ1v) is 13.2. The molecule has 0 radical (unpaired) electrons. The van der Waals surface area contributed by atoms with Gasteiger partial charge in [-0.2, -0.15) is 5.26 Å². The number of rotatable bonds is 3. The van der Waals surface area contributed by atoms with Crippen LogP contribution in [0.2, 0.25) is 10.0 Å². The van der Waals surface area contributed by atoms with E-state index in [9.17, 15) is 10.1 Å². The summed E-state index contributed by atoms with van der Waals surface area (Å²) >= 11 is 15.3. The Morgan fingerprint density at radius 2 is 2.03 bits per heavy atom. The minimum absolute atomic E-state index is 0.212. The van der Waals surface area contributed by atoms with Crippen molar-refractivity contribution in [1.29, 1.82) is 5.26 Å². The molecule has 1 amide bonds. The number of halogens is 2. The van der Waals surface area contributed by atoms with Crippen LogP contribution in [0.4, 0.5) is 5.69 Å². The van der Waals surface area contributed by atoms with Gasteiger partial charge in [0.2, 0.25) is 0 Å². The van der Waals surface area contributed by atoms with Gasteiger partial charge >= 0.3 is 0 Å². The number of hydrogen-bond acceptors (Lipinski definition) is 5. The number of hydrogen-bond donors (Lipinski definition) is 1. The molecule has 0 unspecified atom stereocenters. The molecule has 172 valence electrons. The summed E-state index contributed by atoms with van der Waals surface area (Å²) in [4.78, 5) is 19.0. The third-order valence-corrected chi connectivity index (χ3v) is 9.02. The topological polar surface area (TPSA) is 70.2 Å². The van der Waals surface area contributed by atoms with E-state index in [1.807, 2.05) is 19.9 Å². The number of aromatic nitrogens is 1. The molecule has 34 heavy (non-hydrogen) atoms. The van der Waals surface area contributed by atoms with Gasteiger partial charge in [-0.05, 0) is 86.7 Å². The second kappa shape index (κ2) is 9.27. The molecular formula is C25H20Cl2N4OS2. The molecule has 2 aliphatic rings. The highest BCUT2D eigenvalue weighted by Crippen LogP contribution is 2.39. The number of amides is 1. The monoisotopic (exact) mass is 526 g/mol. The van der Waals surface area contributed by atoms with Crippen LogP contribution < -0.4 is 5.32 Å². The van der Waals surface area contributed by atoms with Gasteiger partial charge in [-0.1, -0.05) is 29.3 Å². The molecule has 1 aliphatic heterocycles. The third kappa shape index (κ3) is 4.09. The predicted molar refractivity (Wildman–Crippen MR) is 142 cm³/mol. The highest BCUT2D eigenvalue weighted by atomic mass is 35.5. The fourth-order valence-electron chi connectivity index (χ4n) is 4.38. The Hall–Kier alpha value is -2.50. The van der Waals surface area contributed by atoms with Crippen molar-refractivity contribution >= 4 is 69.1 Å². The molecule has 1 saturated heterocycles. The second-order valence-electron chi connectivity index (χ2n) is 8.22. The molecule has 1 aromatic carbocycles. The van der Waals surface area contributed by atoms with Crippen LogP contribution in [-0.4, -0.2) is 15.6 Å². The predicted octanol–water partition coefficient (Wildman–Crippen LogP) is 7.10. The Labute approximate surface area is 216 Å². The van der Waals surface area contributed by atoms with Crippen molar-refractivity contribution < 1.29 is 4.79 Å². The molecule has 3 aromatic rings. The summed E-state index contributed by atoms with van der Waals surface area (Å²) in [5.41, 5.74) is 5.47. The van der Waals surface area contributed by atoms with Crippen LogP contribution in [0.3, 0.4) is 0 Å². The Kier molecular flexibility index (Phi) is 6.34. The third-order valence-electron chi connectivity index (χ3n) is 6.03. The lowest BCUT2D eigenvalue weighted by Gasteiger charge is -2.10. The van der Waals surface area contributed by atoms with Gasteiger partial charge < -0.3 is 9.88 Å². The maximum atomic E-state index is 12.6. The molecule has 0 bridgehead atoms. The average molecular weight is 528 g/mol. The number of amidine groups is 1. The minimum atomic E-state index is -0.212. The van der Waals surface area contributed by atoms with Crippen LogP contribution in [-0.2, 0) is 17.6 Å². The van der Waals surface area contributed by atoms with Crippen molar-refractivity contribution in [1.82, 2.24) is 9.88 Å². The Morgan fingerprint density at radius 3 is 2.82 bits per heavy atom. The summed E-state index contributed by atoms with van der Waals surface area (Å²) in [7, 11) is 0. The summed E-state index contributed by atoms with van der Waals surface area (Å²) < 4.78 is 2.15. The summed E-state index contributed by atoms with van der Waals surface area (Å²) in [6.07, 6.45) is 6.20. The molecule has 3 heterocycles. The normalized spacial score (nSPS) is 17.8. The smallest absolute Gasteiger partial charge is 0.264 e. The fourth-order valence-corrected chi connectivity index (χ4v) is 6.99. The first kappa shape index (κ1) is 23.3. The standard InChI is InChI=1S/C25H20Cl2N4OS2/c1-13-10-15(14(2)31(13)24-17(12-28)16-6-3-4-9-20(16)33-24)11-21-23(32)30-25(34-21)29-19-8-5-7-18(26)22(19)27/h5,7-8,10-11H,3-4,6,9H2,1-2H3,(H,29,30,32). The van der Waals surface area contributed by atoms with Gasteiger partial charge in [0.1, 0.15) is 11.1 Å². The highest BCUT2D eigenvalue weighted by molar-refractivity contribution is 8.18. The van der Waals surface area contributed by atoms with Crippen LogP contribution in [0.5, 0.6) is 0 Å². The summed E-state index contributed by atoms with van der Waals surface area (Å²) in [5.74, 6) is -0.212. The molecule has 9 heteroatoms. The van der Waals surface area contributed by atoms with E-state index in [0.717, 1.165) is 46.8 Å². The highest BCUT2D eigenvalue weighted by Gasteiger charge is 2.27. The van der Waals surface area contributed by atoms with Crippen molar-refractivity contribution in [3.05, 3.63) is 72.2 Å². The van der Waals surface area contributed by atoms with E-state index in [-0.39, 0.29) is 5.91 Å². The van der Waals surface area contributed by atoms with Gasteiger partial charge in [-0.15, -0.1) is 11.3 Å². The maximum absolute atomic E-state index is 12.6.